The lowest BCUT2D eigenvalue weighted by molar-refractivity contribution is -0.384. The number of nitrogens with one attached hydrogen (secondary N) is 1. The molecule has 1 atom stereocenters. The van der Waals surface area contributed by atoms with Crippen LogP contribution in [0.3, 0.4) is 0 Å². The molecule has 3 rings (SSSR count). The number of thiophene rings is 1. The zero-order valence-electron chi connectivity index (χ0n) is 14.9. The number of nitro benzene ring substituents is 1. The van der Waals surface area contributed by atoms with Gasteiger partial charge in [0.15, 0.2) is 11.0 Å². The summed E-state index contributed by atoms with van der Waals surface area (Å²) in [5, 5.41) is 24.1. The fraction of sp³-hybridized carbons (Fsp3) is 0.167. The molecular weight excluding hydrogens is 398 g/mol. The minimum atomic E-state index is -0.502. The average Bonchev–Trinajstić information content (AvgIpc) is 3.32. The molecule has 0 radical (unpaired) electrons. The number of nitro groups is 1. The number of anilines is 1. The molecule has 0 aliphatic rings. The van der Waals surface area contributed by atoms with E-state index in [2.05, 4.69) is 22.1 Å². The van der Waals surface area contributed by atoms with Crippen LogP contribution >= 0.6 is 23.1 Å². The molecule has 1 N–H and O–H groups in total. The van der Waals surface area contributed by atoms with Gasteiger partial charge in [-0.25, -0.2) is 0 Å². The maximum absolute atomic E-state index is 12.5. The van der Waals surface area contributed by atoms with Crippen molar-refractivity contribution in [2.45, 2.75) is 23.9 Å². The number of non-ortho nitro benzene ring substituents is 1. The highest BCUT2D eigenvalue weighted by atomic mass is 32.2. The smallest absolute Gasteiger partial charge is 0.271 e. The average molecular weight is 416 g/mol. The Morgan fingerprint density at radius 3 is 2.93 bits per heavy atom. The van der Waals surface area contributed by atoms with E-state index in [9.17, 15) is 14.9 Å². The van der Waals surface area contributed by atoms with Gasteiger partial charge < -0.3 is 5.32 Å². The van der Waals surface area contributed by atoms with Crippen LogP contribution in [0, 0.1) is 10.1 Å². The van der Waals surface area contributed by atoms with Gasteiger partial charge >= 0.3 is 0 Å². The van der Waals surface area contributed by atoms with Crippen molar-refractivity contribution in [1.82, 2.24) is 14.8 Å². The number of hydrogen-bond donors (Lipinski definition) is 1. The molecule has 0 bridgehead atoms. The zero-order valence-corrected chi connectivity index (χ0v) is 16.6. The van der Waals surface area contributed by atoms with E-state index in [1.54, 1.807) is 30.4 Å². The van der Waals surface area contributed by atoms with E-state index in [1.165, 1.54) is 30.0 Å². The quantitative estimate of drug-likeness (QED) is 0.256. The first-order chi connectivity index (χ1) is 13.5. The molecule has 1 unspecified atom stereocenters. The van der Waals surface area contributed by atoms with E-state index < -0.39 is 10.2 Å². The van der Waals surface area contributed by atoms with Gasteiger partial charge in [-0.15, -0.1) is 28.1 Å². The molecule has 28 heavy (non-hydrogen) atoms. The number of aromatic nitrogens is 3. The third kappa shape index (κ3) is 4.46. The molecular formula is C18H17N5O3S2. The molecule has 8 nitrogen and oxygen atoms in total. The van der Waals surface area contributed by atoms with Crippen LogP contribution in [0.2, 0.25) is 0 Å². The summed E-state index contributed by atoms with van der Waals surface area (Å²) in [7, 11) is 0. The number of rotatable bonds is 8. The molecule has 0 saturated heterocycles. The Hall–Kier alpha value is -2.98. The van der Waals surface area contributed by atoms with Crippen LogP contribution in [0.4, 0.5) is 11.4 Å². The van der Waals surface area contributed by atoms with E-state index in [-0.39, 0.29) is 11.6 Å². The lowest BCUT2D eigenvalue weighted by Gasteiger charge is -2.12. The minimum absolute atomic E-state index is 0.0792. The maximum Gasteiger partial charge on any atom is 0.271 e. The van der Waals surface area contributed by atoms with Crippen LogP contribution in [0.5, 0.6) is 0 Å². The zero-order chi connectivity index (χ0) is 20.1. The number of benzene rings is 1. The Balaban J connectivity index is 1.74. The lowest BCUT2D eigenvalue weighted by atomic mass is 10.2. The predicted molar refractivity (Wildman–Crippen MR) is 111 cm³/mol. The van der Waals surface area contributed by atoms with E-state index in [0.29, 0.717) is 17.4 Å². The first kappa shape index (κ1) is 19.8. The Morgan fingerprint density at radius 2 is 2.25 bits per heavy atom. The molecule has 2 aromatic heterocycles. The molecule has 0 saturated carbocycles. The van der Waals surface area contributed by atoms with E-state index in [0.717, 1.165) is 10.7 Å². The van der Waals surface area contributed by atoms with E-state index >= 15 is 0 Å². The summed E-state index contributed by atoms with van der Waals surface area (Å²) in [4.78, 5) is 23.9. The fourth-order valence-electron chi connectivity index (χ4n) is 2.41. The summed E-state index contributed by atoms with van der Waals surface area (Å²) in [5.41, 5.74) is 0.294. The highest BCUT2D eigenvalue weighted by Crippen LogP contribution is 2.29. The van der Waals surface area contributed by atoms with Gasteiger partial charge in [-0.05, 0) is 24.4 Å². The van der Waals surface area contributed by atoms with Crippen LogP contribution in [0.25, 0.3) is 10.7 Å². The highest BCUT2D eigenvalue weighted by molar-refractivity contribution is 8.00. The SMILES string of the molecule is C=CCn1c(SC(C)C(=O)Nc2cccc([N+](=O)[O-])c2)nnc1-c1cccs1. The van der Waals surface area contributed by atoms with Crippen LogP contribution in [0.1, 0.15) is 6.92 Å². The Morgan fingerprint density at radius 1 is 1.43 bits per heavy atom. The van der Waals surface area contributed by atoms with Crippen LogP contribution in [-0.4, -0.2) is 30.8 Å². The predicted octanol–water partition coefficient (Wildman–Crippen LogP) is 4.22. The molecule has 2 heterocycles. The van der Waals surface area contributed by atoms with Gasteiger partial charge in [-0.3, -0.25) is 19.5 Å². The van der Waals surface area contributed by atoms with Crippen molar-refractivity contribution < 1.29 is 9.72 Å². The van der Waals surface area contributed by atoms with Crippen molar-refractivity contribution >= 4 is 40.4 Å². The molecule has 10 heteroatoms. The summed E-state index contributed by atoms with van der Waals surface area (Å²) in [6, 6.07) is 9.73. The molecule has 144 valence electrons. The Labute approximate surface area is 169 Å². The van der Waals surface area contributed by atoms with Crippen molar-refractivity contribution in [3.8, 4) is 10.7 Å². The van der Waals surface area contributed by atoms with Gasteiger partial charge in [-0.1, -0.05) is 30.0 Å². The molecule has 1 amide bonds. The first-order valence-corrected chi connectivity index (χ1v) is 10.1. The number of hydrogen-bond acceptors (Lipinski definition) is 7. The van der Waals surface area contributed by atoms with Crippen molar-refractivity contribution in [2.75, 3.05) is 5.32 Å². The Kier molecular flexibility index (Phi) is 6.22. The summed E-state index contributed by atoms with van der Waals surface area (Å²) in [5.74, 6) is 0.444. The van der Waals surface area contributed by atoms with Gasteiger partial charge in [0, 0.05) is 24.4 Å². The van der Waals surface area contributed by atoms with Crippen LogP contribution in [0.15, 0.2) is 59.6 Å². The third-order valence-corrected chi connectivity index (χ3v) is 5.69. The van der Waals surface area contributed by atoms with E-state index in [1.807, 2.05) is 22.1 Å². The van der Waals surface area contributed by atoms with Crippen LogP contribution < -0.4 is 5.32 Å². The number of carbonyl (C=O) groups excluding carboxylic acids is 1. The van der Waals surface area contributed by atoms with Gasteiger partial charge in [0.2, 0.25) is 5.91 Å². The molecule has 0 spiro atoms. The molecule has 1 aromatic carbocycles. The van der Waals surface area contributed by atoms with Gasteiger partial charge in [0.1, 0.15) is 0 Å². The fourth-order valence-corrected chi connectivity index (χ4v) is 3.99. The first-order valence-electron chi connectivity index (χ1n) is 8.29. The monoisotopic (exact) mass is 415 g/mol. The number of amides is 1. The summed E-state index contributed by atoms with van der Waals surface area (Å²) >= 11 is 2.83. The second-order valence-electron chi connectivity index (χ2n) is 5.74. The van der Waals surface area contributed by atoms with E-state index in [4.69, 9.17) is 0 Å². The highest BCUT2D eigenvalue weighted by Gasteiger charge is 2.21. The van der Waals surface area contributed by atoms with Crippen LogP contribution in [-0.2, 0) is 11.3 Å². The van der Waals surface area contributed by atoms with Gasteiger partial charge in [0.05, 0.1) is 15.1 Å². The van der Waals surface area contributed by atoms with Crippen molar-refractivity contribution in [1.29, 1.82) is 0 Å². The van der Waals surface area contributed by atoms with Gasteiger partial charge in [0.25, 0.3) is 5.69 Å². The van der Waals surface area contributed by atoms with Crippen molar-refractivity contribution in [3.63, 3.8) is 0 Å². The van der Waals surface area contributed by atoms with Crippen molar-refractivity contribution in [2.24, 2.45) is 0 Å². The standard InChI is InChI=1S/C18H17N5O3S2/c1-3-9-22-16(15-8-5-10-27-15)20-21-18(22)28-12(2)17(24)19-13-6-4-7-14(11-13)23(25)26/h3-8,10-12H,1,9H2,2H3,(H,19,24). The summed E-state index contributed by atoms with van der Waals surface area (Å²) in [6.45, 7) is 6.04. The minimum Gasteiger partial charge on any atom is -0.325 e. The number of carbonyl (C=O) groups is 1. The molecule has 0 aliphatic carbocycles. The topological polar surface area (TPSA) is 103 Å². The van der Waals surface area contributed by atoms with Crippen molar-refractivity contribution in [3.05, 3.63) is 64.5 Å². The summed E-state index contributed by atoms with van der Waals surface area (Å²) < 4.78 is 1.90. The maximum atomic E-state index is 12.5. The second-order valence-corrected chi connectivity index (χ2v) is 8.00. The summed E-state index contributed by atoms with van der Waals surface area (Å²) in [6.07, 6.45) is 1.75. The second kappa shape index (κ2) is 8.81. The number of nitrogens with zero attached hydrogens (tertiary/aromatic N) is 4. The number of allylic oxidation sites excluding steroid dienone is 1. The third-order valence-electron chi connectivity index (χ3n) is 3.75. The number of thioether (sulfide) groups is 1. The molecule has 0 aliphatic heterocycles. The lowest BCUT2D eigenvalue weighted by Crippen LogP contribution is -2.23. The normalized spacial score (nSPS) is 11.8. The molecule has 0 fully saturated rings. The van der Waals surface area contributed by atoms with Gasteiger partial charge in [-0.2, -0.15) is 0 Å². The largest absolute Gasteiger partial charge is 0.325 e. The Bertz CT molecular complexity index is 1000. The molecule has 3 aromatic rings.